The van der Waals surface area contributed by atoms with Gasteiger partial charge in [-0.1, -0.05) is 12.2 Å². The second-order valence-corrected chi connectivity index (χ2v) is 5.17. The van der Waals surface area contributed by atoms with Crippen LogP contribution >= 0.6 is 23.6 Å². The van der Waals surface area contributed by atoms with Crippen molar-refractivity contribution in [3.05, 3.63) is 45.9 Å². The summed E-state index contributed by atoms with van der Waals surface area (Å²) in [5.74, 6) is -1.99. The molecule has 1 aromatic heterocycles. The number of nitrogens with one attached hydrogen (secondary N) is 1. The van der Waals surface area contributed by atoms with E-state index in [4.69, 9.17) is 5.73 Å². The van der Waals surface area contributed by atoms with E-state index in [0.717, 1.165) is 5.01 Å². The van der Waals surface area contributed by atoms with Gasteiger partial charge in [0.1, 0.15) is 4.99 Å². The van der Waals surface area contributed by atoms with E-state index < -0.39 is 11.6 Å². The first kappa shape index (κ1) is 13.8. The SMILES string of the molecule is NC(=S)c1ccc(NCCc2nccs2)c(F)c1F. The maximum Gasteiger partial charge on any atom is 0.182 e. The summed E-state index contributed by atoms with van der Waals surface area (Å²) in [5.41, 5.74) is 5.30. The summed E-state index contributed by atoms with van der Waals surface area (Å²) >= 11 is 6.16. The Balaban J connectivity index is 2.05. The van der Waals surface area contributed by atoms with Crippen molar-refractivity contribution < 1.29 is 8.78 Å². The number of rotatable bonds is 5. The van der Waals surface area contributed by atoms with Gasteiger partial charge in [0.25, 0.3) is 0 Å². The van der Waals surface area contributed by atoms with Crippen molar-refractivity contribution in [2.75, 3.05) is 11.9 Å². The molecule has 0 bridgehead atoms. The molecular weight excluding hydrogens is 288 g/mol. The summed E-state index contributed by atoms with van der Waals surface area (Å²) in [6.07, 6.45) is 2.35. The van der Waals surface area contributed by atoms with Crippen LogP contribution in [0.1, 0.15) is 10.6 Å². The molecule has 0 aliphatic rings. The van der Waals surface area contributed by atoms with Crippen molar-refractivity contribution in [1.82, 2.24) is 4.98 Å². The van der Waals surface area contributed by atoms with Crippen molar-refractivity contribution >= 4 is 34.2 Å². The lowest BCUT2D eigenvalue weighted by atomic mass is 10.1. The first-order valence-electron chi connectivity index (χ1n) is 5.49. The molecule has 100 valence electrons. The predicted molar refractivity (Wildman–Crippen MR) is 76.6 cm³/mol. The fraction of sp³-hybridized carbons (Fsp3) is 0.167. The van der Waals surface area contributed by atoms with Crippen LogP contribution in [0.3, 0.4) is 0 Å². The summed E-state index contributed by atoms with van der Waals surface area (Å²) in [4.78, 5) is 3.94. The molecule has 0 saturated heterocycles. The fourth-order valence-corrected chi connectivity index (χ4v) is 2.33. The summed E-state index contributed by atoms with van der Waals surface area (Å²) in [6.45, 7) is 0.469. The van der Waals surface area contributed by atoms with Crippen LogP contribution in [-0.4, -0.2) is 16.5 Å². The highest BCUT2D eigenvalue weighted by Crippen LogP contribution is 2.20. The van der Waals surface area contributed by atoms with E-state index in [2.05, 4.69) is 22.5 Å². The van der Waals surface area contributed by atoms with E-state index in [9.17, 15) is 8.78 Å². The number of halogens is 2. The number of thiazole rings is 1. The predicted octanol–water partition coefficient (Wildman–Crippen LogP) is 2.71. The van der Waals surface area contributed by atoms with Gasteiger partial charge in [0.05, 0.1) is 10.7 Å². The Morgan fingerprint density at radius 3 is 2.79 bits per heavy atom. The van der Waals surface area contributed by atoms with Gasteiger partial charge in [-0.15, -0.1) is 11.3 Å². The van der Waals surface area contributed by atoms with Crippen LogP contribution in [0, 0.1) is 11.6 Å². The van der Waals surface area contributed by atoms with Crippen molar-refractivity contribution in [2.45, 2.75) is 6.42 Å². The largest absolute Gasteiger partial charge is 0.389 e. The molecule has 19 heavy (non-hydrogen) atoms. The maximum atomic E-state index is 13.7. The molecule has 0 aliphatic carbocycles. The molecule has 0 aliphatic heterocycles. The Bertz CT molecular complexity index is 585. The van der Waals surface area contributed by atoms with E-state index in [1.165, 1.54) is 23.5 Å². The second-order valence-electron chi connectivity index (χ2n) is 3.76. The normalized spacial score (nSPS) is 10.4. The van der Waals surface area contributed by atoms with Gasteiger partial charge in [-0.05, 0) is 12.1 Å². The molecule has 3 N–H and O–H groups in total. The zero-order valence-electron chi connectivity index (χ0n) is 9.82. The highest BCUT2D eigenvalue weighted by atomic mass is 32.1. The van der Waals surface area contributed by atoms with Gasteiger partial charge in [-0.3, -0.25) is 0 Å². The van der Waals surface area contributed by atoms with Crippen molar-refractivity contribution in [3.8, 4) is 0 Å². The maximum absolute atomic E-state index is 13.7. The summed E-state index contributed by atoms with van der Waals surface area (Å²) in [6, 6.07) is 2.79. The fourth-order valence-electron chi connectivity index (χ4n) is 1.56. The first-order valence-corrected chi connectivity index (χ1v) is 6.78. The Kier molecular flexibility index (Phi) is 4.39. The van der Waals surface area contributed by atoms with Crippen molar-refractivity contribution in [1.29, 1.82) is 0 Å². The number of nitrogens with two attached hydrogens (primary N) is 1. The van der Waals surface area contributed by atoms with Crippen LogP contribution in [0.25, 0.3) is 0 Å². The quantitative estimate of drug-likeness (QED) is 0.834. The average molecular weight is 299 g/mol. The third-order valence-electron chi connectivity index (χ3n) is 2.49. The number of aromatic nitrogens is 1. The minimum absolute atomic E-state index is 0.0852. The highest BCUT2D eigenvalue weighted by Gasteiger charge is 2.14. The molecular formula is C12H11F2N3S2. The number of hydrogen-bond donors (Lipinski definition) is 2. The summed E-state index contributed by atoms with van der Waals surface area (Å²) in [7, 11) is 0. The second kappa shape index (κ2) is 6.03. The van der Waals surface area contributed by atoms with E-state index in [0.29, 0.717) is 13.0 Å². The Hall–Kier alpha value is -1.60. The van der Waals surface area contributed by atoms with Gasteiger partial charge in [0, 0.05) is 30.1 Å². The van der Waals surface area contributed by atoms with E-state index in [1.807, 2.05) is 5.38 Å². The zero-order valence-corrected chi connectivity index (χ0v) is 11.5. The number of hydrogen-bond acceptors (Lipinski definition) is 4. The van der Waals surface area contributed by atoms with E-state index >= 15 is 0 Å². The van der Waals surface area contributed by atoms with Crippen LogP contribution in [0.5, 0.6) is 0 Å². The van der Waals surface area contributed by atoms with Crippen LogP contribution in [0.4, 0.5) is 14.5 Å². The molecule has 7 heteroatoms. The molecule has 0 atom stereocenters. The lowest BCUT2D eigenvalue weighted by molar-refractivity contribution is 0.509. The van der Waals surface area contributed by atoms with Gasteiger partial charge < -0.3 is 11.1 Å². The Morgan fingerprint density at radius 2 is 2.16 bits per heavy atom. The molecule has 0 radical (unpaired) electrons. The molecule has 0 saturated carbocycles. The van der Waals surface area contributed by atoms with Crippen LogP contribution in [0.2, 0.25) is 0 Å². The van der Waals surface area contributed by atoms with Crippen LogP contribution in [0.15, 0.2) is 23.7 Å². The molecule has 0 unspecified atom stereocenters. The van der Waals surface area contributed by atoms with E-state index in [-0.39, 0.29) is 16.2 Å². The van der Waals surface area contributed by atoms with Gasteiger partial charge in [0.2, 0.25) is 0 Å². The smallest absolute Gasteiger partial charge is 0.182 e. The minimum Gasteiger partial charge on any atom is -0.389 e. The minimum atomic E-state index is -1.02. The lowest BCUT2D eigenvalue weighted by Gasteiger charge is -2.09. The van der Waals surface area contributed by atoms with Gasteiger partial charge in [0.15, 0.2) is 11.6 Å². The topological polar surface area (TPSA) is 50.9 Å². The molecule has 1 heterocycles. The molecule has 3 nitrogen and oxygen atoms in total. The molecule has 2 rings (SSSR count). The third kappa shape index (κ3) is 3.24. The number of thiocarbonyl (C=S) groups is 1. The number of anilines is 1. The number of nitrogens with zero attached hydrogens (tertiary/aromatic N) is 1. The average Bonchev–Trinajstić information content (AvgIpc) is 2.87. The summed E-state index contributed by atoms with van der Waals surface area (Å²) < 4.78 is 27.3. The third-order valence-corrected chi connectivity index (χ3v) is 3.54. The standard InChI is InChI=1S/C12H11F2N3S2/c13-10-7(12(15)18)1-2-8(11(10)14)16-4-3-9-17-5-6-19-9/h1-2,5-6,16H,3-4H2,(H2,15,18). The Morgan fingerprint density at radius 1 is 1.37 bits per heavy atom. The monoisotopic (exact) mass is 299 g/mol. The molecule has 0 spiro atoms. The van der Waals surface area contributed by atoms with Crippen LogP contribution in [-0.2, 0) is 6.42 Å². The van der Waals surface area contributed by atoms with Gasteiger partial charge in [-0.2, -0.15) is 0 Å². The summed E-state index contributed by atoms with van der Waals surface area (Å²) in [5, 5.41) is 5.63. The molecule has 0 fully saturated rings. The van der Waals surface area contributed by atoms with Crippen LogP contribution < -0.4 is 11.1 Å². The zero-order chi connectivity index (χ0) is 13.8. The molecule has 2 aromatic rings. The Labute approximate surface area is 118 Å². The van der Waals surface area contributed by atoms with Crippen molar-refractivity contribution in [2.24, 2.45) is 5.73 Å². The lowest BCUT2D eigenvalue weighted by Crippen LogP contribution is -2.14. The highest BCUT2D eigenvalue weighted by molar-refractivity contribution is 7.80. The van der Waals surface area contributed by atoms with Gasteiger partial charge >= 0.3 is 0 Å². The van der Waals surface area contributed by atoms with Crippen molar-refractivity contribution in [3.63, 3.8) is 0 Å². The van der Waals surface area contributed by atoms with Gasteiger partial charge in [-0.25, -0.2) is 13.8 Å². The number of benzene rings is 1. The first-order chi connectivity index (χ1) is 9.09. The molecule has 0 amide bonds. The molecule has 1 aromatic carbocycles. The van der Waals surface area contributed by atoms with E-state index in [1.54, 1.807) is 6.20 Å².